The second-order valence-electron chi connectivity index (χ2n) is 4.04. The van der Waals surface area contributed by atoms with E-state index in [0.717, 1.165) is 27.2 Å². The van der Waals surface area contributed by atoms with E-state index in [1.165, 1.54) is 11.3 Å². The average molecular weight is 350 g/mol. The number of rotatable bonds is 4. The van der Waals surface area contributed by atoms with Crippen molar-refractivity contribution < 1.29 is 5.11 Å². The molecule has 0 radical (unpaired) electrons. The van der Waals surface area contributed by atoms with Crippen LogP contribution in [0.5, 0.6) is 0 Å². The van der Waals surface area contributed by atoms with Gasteiger partial charge in [0.05, 0.1) is 22.5 Å². The van der Waals surface area contributed by atoms with Crippen molar-refractivity contribution in [2.45, 2.75) is 25.9 Å². The minimum atomic E-state index is -0.558. The molecule has 0 saturated heterocycles. The molecule has 1 unspecified atom stereocenters. The van der Waals surface area contributed by atoms with Gasteiger partial charge in [-0.05, 0) is 33.8 Å². The van der Waals surface area contributed by atoms with Crippen molar-refractivity contribution in [2.75, 3.05) is 0 Å². The van der Waals surface area contributed by atoms with Crippen LogP contribution in [0.15, 0.2) is 15.9 Å². The first kappa shape index (κ1) is 14.1. The lowest BCUT2D eigenvalue weighted by Gasteiger charge is -2.10. The number of halogens is 2. The van der Waals surface area contributed by atoms with Gasteiger partial charge < -0.3 is 5.11 Å². The molecule has 2 rings (SSSR count). The monoisotopic (exact) mass is 348 g/mol. The van der Waals surface area contributed by atoms with E-state index in [4.69, 9.17) is 11.6 Å². The first-order valence-electron chi connectivity index (χ1n) is 5.65. The molecule has 6 heteroatoms. The van der Waals surface area contributed by atoms with Crippen LogP contribution in [-0.2, 0) is 19.9 Å². The summed E-state index contributed by atoms with van der Waals surface area (Å²) in [6.45, 7) is 2.02. The van der Waals surface area contributed by atoms with Crippen molar-refractivity contribution in [1.29, 1.82) is 0 Å². The summed E-state index contributed by atoms with van der Waals surface area (Å²) in [4.78, 5) is 0.922. The van der Waals surface area contributed by atoms with Crippen LogP contribution in [0.3, 0.4) is 0 Å². The molecule has 0 bridgehead atoms. The van der Waals surface area contributed by atoms with E-state index in [0.29, 0.717) is 11.4 Å². The molecule has 0 aromatic carbocycles. The Morgan fingerprint density at radius 1 is 1.61 bits per heavy atom. The minimum Gasteiger partial charge on any atom is -0.387 e. The lowest BCUT2D eigenvalue weighted by atomic mass is 10.1. The van der Waals surface area contributed by atoms with Gasteiger partial charge in [-0.15, -0.1) is 11.3 Å². The highest BCUT2D eigenvalue weighted by Gasteiger charge is 2.19. The Labute approximate surface area is 124 Å². The second kappa shape index (κ2) is 5.74. The van der Waals surface area contributed by atoms with Gasteiger partial charge in [0.25, 0.3) is 0 Å². The predicted octanol–water partition coefficient (Wildman–Crippen LogP) is 3.74. The standard InChI is InChI=1S/C12H14BrClN2OS/c1-3-8-11(14)9(16(2)15-8)6-10(17)12-7(13)4-5-18-12/h4-5,10,17H,3,6H2,1-2H3. The molecule has 0 aliphatic carbocycles. The van der Waals surface area contributed by atoms with Gasteiger partial charge in [0.1, 0.15) is 0 Å². The zero-order valence-electron chi connectivity index (χ0n) is 10.2. The Balaban J connectivity index is 2.24. The molecule has 18 heavy (non-hydrogen) atoms. The first-order valence-corrected chi connectivity index (χ1v) is 7.70. The summed E-state index contributed by atoms with van der Waals surface area (Å²) in [5, 5.41) is 17.2. The molecule has 0 amide bonds. The molecule has 2 aromatic heterocycles. The third-order valence-electron chi connectivity index (χ3n) is 2.84. The topological polar surface area (TPSA) is 38.0 Å². The average Bonchev–Trinajstić information content (AvgIpc) is 2.87. The van der Waals surface area contributed by atoms with E-state index in [1.807, 2.05) is 25.4 Å². The van der Waals surface area contributed by atoms with E-state index in [9.17, 15) is 5.11 Å². The van der Waals surface area contributed by atoms with E-state index in [2.05, 4.69) is 21.0 Å². The van der Waals surface area contributed by atoms with Crippen LogP contribution >= 0.6 is 38.9 Å². The molecule has 0 spiro atoms. The summed E-state index contributed by atoms with van der Waals surface area (Å²) >= 11 is 11.2. The number of nitrogens with zero attached hydrogens (tertiary/aromatic N) is 2. The van der Waals surface area contributed by atoms with Gasteiger partial charge in [0.15, 0.2) is 0 Å². The molecule has 0 saturated carbocycles. The Morgan fingerprint density at radius 2 is 2.33 bits per heavy atom. The fourth-order valence-electron chi connectivity index (χ4n) is 1.86. The molecular weight excluding hydrogens is 336 g/mol. The highest BCUT2D eigenvalue weighted by molar-refractivity contribution is 9.10. The van der Waals surface area contributed by atoms with E-state index < -0.39 is 6.10 Å². The fourth-order valence-corrected chi connectivity index (χ4v) is 3.86. The second-order valence-corrected chi connectivity index (χ2v) is 6.22. The van der Waals surface area contributed by atoms with Crippen molar-refractivity contribution >= 4 is 38.9 Å². The predicted molar refractivity (Wildman–Crippen MR) is 78.3 cm³/mol. The van der Waals surface area contributed by atoms with Gasteiger partial charge in [-0.2, -0.15) is 5.10 Å². The molecule has 1 atom stereocenters. The molecule has 0 aliphatic heterocycles. The third kappa shape index (κ3) is 2.64. The largest absolute Gasteiger partial charge is 0.387 e. The molecule has 2 heterocycles. The highest BCUT2D eigenvalue weighted by atomic mass is 79.9. The number of hydrogen-bond acceptors (Lipinski definition) is 3. The zero-order chi connectivity index (χ0) is 13.3. The van der Waals surface area contributed by atoms with Crippen LogP contribution in [0.25, 0.3) is 0 Å². The van der Waals surface area contributed by atoms with Gasteiger partial charge in [0, 0.05) is 22.8 Å². The summed E-state index contributed by atoms with van der Waals surface area (Å²) < 4.78 is 2.69. The zero-order valence-corrected chi connectivity index (χ0v) is 13.3. The van der Waals surface area contributed by atoms with Gasteiger partial charge in [0.2, 0.25) is 0 Å². The number of aliphatic hydroxyl groups is 1. The van der Waals surface area contributed by atoms with Gasteiger partial charge in [-0.3, -0.25) is 4.68 Å². The summed E-state index contributed by atoms with van der Waals surface area (Å²) in [7, 11) is 1.86. The van der Waals surface area contributed by atoms with Crippen LogP contribution in [0.2, 0.25) is 5.02 Å². The smallest absolute Gasteiger partial charge is 0.0949 e. The molecule has 0 fully saturated rings. The Hall–Kier alpha value is -0.360. The number of hydrogen-bond donors (Lipinski definition) is 1. The summed E-state index contributed by atoms with van der Waals surface area (Å²) in [6.07, 6.45) is 0.712. The van der Waals surface area contributed by atoms with Crippen LogP contribution in [0, 0.1) is 0 Å². The number of aromatic nitrogens is 2. The number of aryl methyl sites for hydroxylation is 2. The lowest BCUT2D eigenvalue weighted by molar-refractivity contribution is 0.179. The molecule has 1 N–H and O–H groups in total. The van der Waals surface area contributed by atoms with E-state index in [-0.39, 0.29) is 0 Å². The SMILES string of the molecule is CCc1nn(C)c(CC(O)c2sccc2Br)c1Cl. The van der Waals surface area contributed by atoms with Crippen LogP contribution in [0.4, 0.5) is 0 Å². The van der Waals surface area contributed by atoms with Gasteiger partial charge in [-0.25, -0.2) is 0 Å². The Morgan fingerprint density at radius 3 is 2.83 bits per heavy atom. The maximum absolute atomic E-state index is 10.3. The van der Waals surface area contributed by atoms with Crippen LogP contribution in [0.1, 0.15) is 29.3 Å². The molecule has 0 aliphatic rings. The summed E-state index contributed by atoms with van der Waals surface area (Å²) in [5.41, 5.74) is 1.76. The number of thiophene rings is 1. The Bertz CT molecular complexity index is 552. The molecule has 98 valence electrons. The lowest BCUT2D eigenvalue weighted by Crippen LogP contribution is -2.06. The highest BCUT2D eigenvalue weighted by Crippen LogP contribution is 2.33. The van der Waals surface area contributed by atoms with Crippen molar-refractivity contribution in [2.24, 2.45) is 7.05 Å². The quantitative estimate of drug-likeness (QED) is 0.913. The molecule has 2 aromatic rings. The molecular formula is C12H14BrClN2OS. The van der Waals surface area contributed by atoms with E-state index >= 15 is 0 Å². The van der Waals surface area contributed by atoms with Crippen LogP contribution < -0.4 is 0 Å². The Kier molecular flexibility index (Phi) is 4.48. The van der Waals surface area contributed by atoms with Gasteiger partial charge >= 0.3 is 0 Å². The van der Waals surface area contributed by atoms with Crippen LogP contribution in [-0.4, -0.2) is 14.9 Å². The first-order chi connectivity index (χ1) is 8.54. The van der Waals surface area contributed by atoms with Crippen molar-refractivity contribution in [3.05, 3.63) is 37.2 Å². The molecule has 3 nitrogen and oxygen atoms in total. The fraction of sp³-hybridized carbons (Fsp3) is 0.417. The minimum absolute atomic E-state index is 0.474. The van der Waals surface area contributed by atoms with Crippen molar-refractivity contribution in [3.63, 3.8) is 0 Å². The van der Waals surface area contributed by atoms with E-state index in [1.54, 1.807) is 4.68 Å². The van der Waals surface area contributed by atoms with Crippen molar-refractivity contribution in [1.82, 2.24) is 9.78 Å². The summed E-state index contributed by atoms with van der Waals surface area (Å²) in [5.74, 6) is 0. The number of aliphatic hydroxyl groups excluding tert-OH is 1. The normalized spacial score (nSPS) is 12.9. The van der Waals surface area contributed by atoms with Crippen molar-refractivity contribution in [3.8, 4) is 0 Å². The maximum Gasteiger partial charge on any atom is 0.0949 e. The maximum atomic E-state index is 10.3. The third-order valence-corrected chi connectivity index (χ3v) is 5.25. The summed E-state index contributed by atoms with van der Waals surface area (Å²) in [6, 6.07) is 1.94. The van der Waals surface area contributed by atoms with Gasteiger partial charge in [-0.1, -0.05) is 18.5 Å².